The number of para-hydroxylation sites is 1. The monoisotopic (exact) mass is 475 g/mol. The van der Waals surface area contributed by atoms with E-state index in [4.69, 9.17) is 4.74 Å². The van der Waals surface area contributed by atoms with E-state index in [1.807, 2.05) is 0 Å². The Balaban J connectivity index is 1.42. The zero-order valence-electron chi connectivity index (χ0n) is 17.4. The van der Waals surface area contributed by atoms with E-state index in [2.05, 4.69) is 10.3 Å². The van der Waals surface area contributed by atoms with Gasteiger partial charge in [-0.3, -0.25) is 9.59 Å². The minimum absolute atomic E-state index is 0.0305. The van der Waals surface area contributed by atoms with Crippen LogP contribution in [0.3, 0.4) is 0 Å². The van der Waals surface area contributed by atoms with Crippen molar-refractivity contribution in [3.8, 4) is 10.6 Å². The van der Waals surface area contributed by atoms with Crippen LogP contribution in [0.25, 0.3) is 10.6 Å². The second-order valence-corrected chi connectivity index (χ2v) is 8.25. The second-order valence-electron chi connectivity index (χ2n) is 7.39. The van der Waals surface area contributed by atoms with Crippen LogP contribution in [0, 0.1) is 0 Å². The molecule has 0 spiro atoms. The number of benzene rings is 2. The maximum atomic E-state index is 12.8. The molecule has 1 saturated heterocycles. The Labute approximate surface area is 192 Å². The van der Waals surface area contributed by atoms with Gasteiger partial charge in [-0.15, -0.1) is 11.3 Å². The SMILES string of the molecule is O=C(Cc1csc(-c2ccc(C(F)(F)F)cc2)n1)Nc1ccccc1C(=O)N1CCOCC1. The number of anilines is 1. The van der Waals surface area contributed by atoms with E-state index >= 15 is 0 Å². The first kappa shape index (κ1) is 22.9. The average Bonchev–Trinajstić information content (AvgIpc) is 3.27. The fourth-order valence-corrected chi connectivity index (χ4v) is 4.22. The lowest BCUT2D eigenvalue weighted by Gasteiger charge is -2.27. The molecule has 1 aliphatic rings. The molecule has 1 N–H and O–H groups in total. The summed E-state index contributed by atoms with van der Waals surface area (Å²) in [5.41, 5.74) is 1.12. The first-order valence-electron chi connectivity index (χ1n) is 10.2. The Hall–Kier alpha value is -3.24. The van der Waals surface area contributed by atoms with Gasteiger partial charge >= 0.3 is 6.18 Å². The predicted octanol–water partition coefficient (Wildman–Crippen LogP) is 4.48. The Morgan fingerprint density at radius 1 is 1.06 bits per heavy atom. The lowest BCUT2D eigenvalue weighted by molar-refractivity contribution is -0.137. The number of nitrogens with one attached hydrogen (secondary N) is 1. The summed E-state index contributed by atoms with van der Waals surface area (Å²) >= 11 is 1.25. The highest BCUT2D eigenvalue weighted by atomic mass is 32.1. The second kappa shape index (κ2) is 9.72. The van der Waals surface area contributed by atoms with Gasteiger partial charge in [-0.1, -0.05) is 24.3 Å². The Kier molecular flexibility index (Phi) is 6.75. The molecule has 6 nitrogen and oxygen atoms in total. The summed E-state index contributed by atoms with van der Waals surface area (Å²) in [6.07, 6.45) is -4.43. The van der Waals surface area contributed by atoms with E-state index in [1.165, 1.54) is 23.5 Å². The molecule has 2 amide bonds. The molecule has 2 aromatic carbocycles. The minimum Gasteiger partial charge on any atom is -0.378 e. The van der Waals surface area contributed by atoms with Crippen molar-refractivity contribution in [2.24, 2.45) is 0 Å². The van der Waals surface area contributed by atoms with E-state index < -0.39 is 11.7 Å². The molecule has 3 aromatic rings. The molecule has 1 aromatic heterocycles. The number of thiazole rings is 1. The number of hydrogen-bond donors (Lipinski definition) is 1. The number of halogens is 3. The topological polar surface area (TPSA) is 71.5 Å². The van der Waals surface area contributed by atoms with Gasteiger partial charge in [-0.05, 0) is 24.3 Å². The number of carbonyl (C=O) groups excluding carboxylic acids is 2. The number of hydrogen-bond acceptors (Lipinski definition) is 5. The van der Waals surface area contributed by atoms with Crippen LogP contribution in [0.2, 0.25) is 0 Å². The van der Waals surface area contributed by atoms with Crippen LogP contribution in [0.5, 0.6) is 0 Å². The number of nitrogens with zero attached hydrogens (tertiary/aromatic N) is 2. The normalized spacial score (nSPS) is 14.2. The Morgan fingerprint density at radius 3 is 2.45 bits per heavy atom. The molecule has 1 fully saturated rings. The zero-order valence-corrected chi connectivity index (χ0v) is 18.2. The summed E-state index contributed by atoms with van der Waals surface area (Å²) in [6, 6.07) is 11.5. The van der Waals surface area contributed by atoms with Crippen LogP contribution in [0.4, 0.5) is 18.9 Å². The largest absolute Gasteiger partial charge is 0.416 e. The fraction of sp³-hybridized carbons (Fsp3) is 0.261. The molecule has 0 atom stereocenters. The number of aromatic nitrogens is 1. The lowest BCUT2D eigenvalue weighted by Crippen LogP contribution is -2.41. The molecule has 33 heavy (non-hydrogen) atoms. The number of carbonyl (C=O) groups is 2. The molecule has 0 unspecified atom stereocenters. The number of ether oxygens (including phenoxy) is 1. The van der Waals surface area contributed by atoms with Crippen molar-refractivity contribution in [2.75, 3.05) is 31.6 Å². The number of rotatable bonds is 5. The molecule has 2 heterocycles. The number of amides is 2. The summed E-state index contributed by atoms with van der Waals surface area (Å²) in [6.45, 7) is 1.94. The van der Waals surface area contributed by atoms with Gasteiger partial charge in [0, 0.05) is 24.0 Å². The summed E-state index contributed by atoms with van der Waals surface area (Å²) in [5, 5.41) is 4.99. The summed E-state index contributed by atoms with van der Waals surface area (Å²) < 4.78 is 43.5. The number of morpholine rings is 1. The van der Waals surface area contributed by atoms with Crippen molar-refractivity contribution in [3.05, 3.63) is 70.7 Å². The third-order valence-corrected chi connectivity index (χ3v) is 6.02. The highest BCUT2D eigenvalue weighted by molar-refractivity contribution is 7.13. The third-order valence-electron chi connectivity index (χ3n) is 5.08. The Morgan fingerprint density at radius 2 is 1.76 bits per heavy atom. The molecule has 1 aliphatic heterocycles. The average molecular weight is 475 g/mol. The lowest BCUT2D eigenvalue weighted by atomic mass is 10.1. The van der Waals surface area contributed by atoms with Gasteiger partial charge in [-0.2, -0.15) is 13.2 Å². The van der Waals surface area contributed by atoms with Crippen LogP contribution in [-0.4, -0.2) is 48.0 Å². The van der Waals surface area contributed by atoms with Crippen LogP contribution in [0.1, 0.15) is 21.6 Å². The third kappa shape index (κ3) is 5.58. The van der Waals surface area contributed by atoms with Crippen LogP contribution in [0.15, 0.2) is 53.9 Å². The minimum atomic E-state index is -4.40. The zero-order chi connectivity index (χ0) is 23.4. The number of alkyl halides is 3. The van der Waals surface area contributed by atoms with Gasteiger partial charge in [0.25, 0.3) is 5.91 Å². The van der Waals surface area contributed by atoms with Crippen LogP contribution >= 0.6 is 11.3 Å². The van der Waals surface area contributed by atoms with Crippen molar-refractivity contribution in [1.29, 1.82) is 0 Å². The van der Waals surface area contributed by atoms with Gasteiger partial charge in [0.2, 0.25) is 5.91 Å². The van der Waals surface area contributed by atoms with Gasteiger partial charge in [0.1, 0.15) is 5.01 Å². The summed E-state index contributed by atoms with van der Waals surface area (Å²) in [7, 11) is 0. The molecule has 0 bridgehead atoms. The van der Waals surface area contributed by atoms with Crippen LogP contribution in [-0.2, 0) is 22.1 Å². The van der Waals surface area contributed by atoms with Gasteiger partial charge < -0.3 is 15.0 Å². The molecule has 172 valence electrons. The maximum absolute atomic E-state index is 12.8. The molecular formula is C23H20F3N3O3S. The van der Waals surface area contributed by atoms with E-state index in [-0.39, 0.29) is 18.2 Å². The van der Waals surface area contributed by atoms with Crippen molar-refractivity contribution >= 4 is 28.8 Å². The summed E-state index contributed by atoms with van der Waals surface area (Å²) in [5.74, 6) is -0.519. The Bertz CT molecular complexity index is 1140. The van der Waals surface area contributed by atoms with Crippen molar-refractivity contribution in [2.45, 2.75) is 12.6 Å². The smallest absolute Gasteiger partial charge is 0.378 e. The quantitative estimate of drug-likeness (QED) is 0.591. The molecule has 0 aliphatic carbocycles. The summed E-state index contributed by atoms with van der Waals surface area (Å²) in [4.78, 5) is 31.5. The molecule has 0 radical (unpaired) electrons. The molecular weight excluding hydrogens is 455 g/mol. The van der Waals surface area contributed by atoms with Crippen molar-refractivity contribution in [1.82, 2.24) is 9.88 Å². The first-order valence-corrected chi connectivity index (χ1v) is 11.1. The predicted molar refractivity (Wildman–Crippen MR) is 118 cm³/mol. The van der Waals surface area contributed by atoms with E-state index in [0.717, 1.165) is 12.1 Å². The van der Waals surface area contributed by atoms with Gasteiger partial charge in [-0.25, -0.2) is 4.98 Å². The first-order chi connectivity index (χ1) is 15.8. The molecule has 10 heteroatoms. The highest BCUT2D eigenvalue weighted by Crippen LogP contribution is 2.32. The maximum Gasteiger partial charge on any atom is 0.416 e. The standard InChI is InChI=1S/C23H20F3N3O3S/c24-23(25,26)16-7-5-15(6-8-16)21-27-17(14-33-21)13-20(30)28-19-4-2-1-3-18(19)22(31)29-9-11-32-12-10-29/h1-8,14H,9-13H2,(H,28,30). The van der Waals surface area contributed by atoms with Crippen molar-refractivity contribution < 1.29 is 27.5 Å². The van der Waals surface area contributed by atoms with Gasteiger partial charge in [0.05, 0.1) is 42.1 Å². The van der Waals surface area contributed by atoms with Gasteiger partial charge in [0.15, 0.2) is 0 Å². The fourth-order valence-electron chi connectivity index (χ4n) is 3.40. The van der Waals surface area contributed by atoms with Crippen LogP contribution < -0.4 is 5.32 Å². The van der Waals surface area contributed by atoms with E-state index in [0.29, 0.717) is 53.8 Å². The van der Waals surface area contributed by atoms with Crippen molar-refractivity contribution in [3.63, 3.8) is 0 Å². The van der Waals surface area contributed by atoms with E-state index in [1.54, 1.807) is 34.5 Å². The highest BCUT2D eigenvalue weighted by Gasteiger charge is 2.30. The molecule has 4 rings (SSSR count). The van der Waals surface area contributed by atoms with E-state index in [9.17, 15) is 22.8 Å². The molecule has 0 saturated carbocycles.